The van der Waals surface area contributed by atoms with Crippen molar-refractivity contribution >= 4 is 22.5 Å². The van der Waals surface area contributed by atoms with Gasteiger partial charge in [0.1, 0.15) is 6.04 Å². The molecule has 1 unspecified atom stereocenters. The van der Waals surface area contributed by atoms with E-state index in [4.69, 9.17) is 0 Å². The topological polar surface area (TPSA) is 29.4 Å². The average Bonchev–Trinajstić information content (AvgIpc) is 2.56. The minimum Gasteiger partial charge on any atom is -0.150 e. The van der Waals surface area contributed by atoms with Crippen molar-refractivity contribution < 1.29 is 0 Å². The van der Waals surface area contributed by atoms with Gasteiger partial charge in [-0.2, -0.15) is 0 Å². The average molecular weight is 293 g/mol. The number of benzene rings is 3. The first kappa shape index (κ1) is 13.8. The first-order valence-corrected chi connectivity index (χ1v) is 8.00. The minimum atomic E-state index is -0.466. The number of thioether (sulfide) groups is 1. The third-order valence-corrected chi connectivity index (χ3v) is 4.40. The molecule has 1 atom stereocenters. The minimum absolute atomic E-state index is 0.466. The third kappa shape index (κ3) is 2.69. The Morgan fingerprint density at radius 1 is 0.905 bits per heavy atom. The maximum Gasteiger partial charge on any atom is 0.142 e. The lowest BCUT2D eigenvalue weighted by Gasteiger charge is -2.13. The van der Waals surface area contributed by atoms with Crippen LogP contribution in [0.15, 0.2) is 76.8 Å². The molecule has 104 valence electrons. The Balaban J connectivity index is 2.11. The lowest BCUT2D eigenvalue weighted by molar-refractivity contribution is 0.870. The number of hydrogen-bond donors (Lipinski definition) is 0. The molecule has 0 saturated carbocycles. The first-order chi connectivity index (χ1) is 10.3. The summed E-state index contributed by atoms with van der Waals surface area (Å²) in [7, 11) is 0. The highest BCUT2D eigenvalue weighted by atomic mass is 32.2. The number of hydrogen-bond acceptors (Lipinski definition) is 3. The van der Waals surface area contributed by atoms with Crippen molar-refractivity contribution in [1.82, 2.24) is 0 Å². The van der Waals surface area contributed by atoms with Crippen LogP contribution in [-0.4, -0.2) is 6.26 Å². The van der Waals surface area contributed by atoms with Crippen LogP contribution >= 0.6 is 11.8 Å². The highest BCUT2D eigenvalue weighted by molar-refractivity contribution is 7.98. The van der Waals surface area contributed by atoms with E-state index in [1.54, 1.807) is 11.8 Å². The maximum absolute atomic E-state index is 11.4. The number of nitroso groups, excluding NO2 is 1. The number of fused-ring (bicyclic) bond motifs is 1. The van der Waals surface area contributed by atoms with Gasteiger partial charge < -0.3 is 0 Å². The molecule has 3 aromatic rings. The Bertz CT molecular complexity index is 762. The molecule has 0 heterocycles. The van der Waals surface area contributed by atoms with Gasteiger partial charge in [0.15, 0.2) is 0 Å². The molecule has 0 radical (unpaired) electrons. The van der Waals surface area contributed by atoms with Gasteiger partial charge >= 0.3 is 0 Å². The Kier molecular flexibility index (Phi) is 4.02. The fourth-order valence-corrected chi connectivity index (χ4v) is 2.98. The van der Waals surface area contributed by atoms with Crippen LogP contribution in [0.1, 0.15) is 17.2 Å². The molecule has 0 aliphatic rings. The van der Waals surface area contributed by atoms with Crippen molar-refractivity contribution in [3.05, 3.63) is 82.8 Å². The van der Waals surface area contributed by atoms with Gasteiger partial charge in [0.25, 0.3) is 0 Å². The smallest absolute Gasteiger partial charge is 0.142 e. The summed E-state index contributed by atoms with van der Waals surface area (Å²) in [4.78, 5) is 12.6. The lowest BCUT2D eigenvalue weighted by Crippen LogP contribution is -1.98. The molecule has 0 aromatic heterocycles. The second kappa shape index (κ2) is 6.10. The van der Waals surface area contributed by atoms with Gasteiger partial charge in [-0.1, -0.05) is 59.8 Å². The molecule has 0 N–H and O–H groups in total. The fraction of sp³-hybridized carbons (Fsp3) is 0.111. The standard InChI is InChI=1S/C18H15NOS/c1-21-15-11-9-14(10-12-15)18(19-20)17-8-4-6-13-5-2-3-7-16(13)17/h2-12,18H,1H3. The SMILES string of the molecule is CSc1ccc(C(N=O)c2cccc3ccccc23)cc1. The molecule has 0 spiro atoms. The Hall–Kier alpha value is -2.13. The van der Waals surface area contributed by atoms with Crippen LogP contribution in [0.4, 0.5) is 0 Å². The van der Waals surface area contributed by atoms with E-state index in [0.29, 0.717) is 0 Å². The number of nitrogens with zero attached hydrogens (tertiary/aromatic N) is 1. The summed E-state index contributed by atoms with van der Waals surface area (Å²) in [5.41, 5.74) is 1.89. The molecule has 3 heteroatoms. The Morgan fingerprint density at radius 2 is 1.62 bits per heavy atom. The van der Waals surface area contributed by atoms with Crippen molar-refractivity contribution in [2.75, 3.05) is 6.26 Å². The molecule has 21 heavy (non-hydrogen) atoms. The van der Waals surface area contributed by atoms with E-state index in [9.17, 15) is 4.91 Å². The van der Waals surface area contributed by atoms with E-state index < -0.39 is 6.04 Å². The normalized spacial score (nSPS) is 12.2. The van der Waals surface area contributed by atoms with Gasteiger partial charge in [-0.3, -0.25) is 0 Å². The van der Waals surface area contributed by atoms with Crippen LogP contribution in [0.25, 0.3) is 10.8 Å². The lowest BCUT2D eigenvalue weighted by atomic mass is 9.94. The highest BCUT2D eigenvalue weighted by Gasteiger charge is 2.17. The second-order valence-electron chi connectivity index (χ2n) is 4.85. The van der Waals surface area contributed by atoms with E-state index in [-0.39, 0.29) is 0 Å². The van der Waals surface area contributed by atoms with Crippen molar-refractivity contribution in [2.24, 2.45) is 5.18 Å². The molecule has 0 aliphatic carbocycles. The van der Waals surface area contributed by atoms with Crippen LogP contribution in [0.5, 0.6) is 0 Å². The molecule has 0 fully saturated rings. The summed E-state index contributed by atoms with van der Waals surface area (Å²) < 4.78 is 0. The first-order valence-electron chi connectivity index (χ1n) is 6.77. The van der Waals surface area contributed by atoms with Crippen molar-refractivity contribution in [3.63, 3.8) is 0 Å². The predicted octanol–water partition coefficient (Wildman–Crippen LogP) is 5.42. The Labute approximate surface area is 128 Å². The van der Waals surface area contributed by atoms with Crippen molar-refractivity contribution in [1.29, 1.82) is 0 Å². The van der Waals surface area contributed by atoms with Gasteiger partial charge in [-0.05, 0) is 40.3 Å². The van der Waals surface area contributed by atoms with Crippen LogP contribution in [0.2, 0.25) is 0 Å². The van der Waals surface area contributed by atoms with Crippen LogP contribution in [0.3, 0.4) is 0 Å². The van der Waals surface area contributed by atoms with Gasteiger partial charge in [0, 0.05) is 4.90 Å². The van der Waals surface area contributed by atoms with Crippen LogP contribution < -0.4 is 0 Å². The third-order valence-electron chi connectivity index (χ3n) is 3.65. The quantitative estimate of drug-likeness (QED) is 0.475. The summed E-state index contributed by atoms with van der Waals surface area (Å²) in [5.74, 6) is 0. The van der Waals surface area contributed by atoms with Crippen LogP contribution in [0, 0.1) is 4.91 Å². The monoisotopic (exact) mass is 293 g/mol. The van der Waals surface area contributed by atoms with Crippen molar-refractivity contribution in [3.8, 4) is 0 Å². The van der Waals surface area contributed by atoms with Gasteiger partial charge in [-0.15, -0.1) is 16.7 Å². The zero-order chi connectivity index (χ0) is 14.7. The summed E-state index contributed by atoms with van der Waals surface area (Å²) >= 11 is 1.69. The van der Waals surface area contributed by atoms with E-state index >= 15 is 0 Å². The summed E-state index contributed by atoms with van der Waals surface area (Å²) in [6, 6.07) is 21.7. The fourth-order valence-electron chi connectivity index (χ4n) is 2.57. The summed E-state index contributed by atoms with van der Waals surface area (Å²) in [6.07, 6.45) is 2.04. The molecule has 0 aliphatic heterocycles. The van der Waals surface area contributed by atoms with Crippen molar-refractivity contribution in [2.45, 2.75) is 10.9 Å². The zero-order valence-corrected chi connectivity index (χ0v) is 12.5. The van der Waals surface area contributed by atoms with Gasteiger partial charge in [0.05, 0.1) is 0 Å². The molecule has 0 bridgehead atoms. The van der Waals surface area contributed by atoms with Crippen LogP contribution in [-0.2, 0) is 0 Å². The van der Waals surface area contributed by atoms with E-state index in [0.717, 1.165) is 21.9 Å². The molecule has 0 saturated heterocycles. The summed E-state index contributed by atoms with van der Waals surface area (Å²) in [5, 5.41) is 5.59. The molecule has 0 amide bonds. The van der Waals surface area contributed by atoms with E-state index in [2.05, 4.69) is 17.3 Å². The molecule has 3 aromatic carbocycles. The molecular formula is C18H15NOS. The van der Waals surface area contributed by atoms with Gasteiger partial charge in [0.2, 0.25) is 0 Å². The zero-order valence-electron chi connectivity index (χ0n) is 11.7. The highest BCUT2D eigenvalue weighted by Crippen LogP contribution is 2.32. The Morgan fingerprint density at radius 3 is 2.33 bits per heavy atom. The largest absolute Gasteiger partial charge is 0.150 e. The number of rotatable bonds is 4. The second-order valence-corrected chi connectivity index (χ2v) is 5.73. The van der Waals surface area contributed by atoms with Gasteiger partial charge in [-0.25, -0.2) is 0 Å². The van der Waals surface area contributed by atoms with E-state index in [1.165, 1.54) is 4.90 Å². The predicted molar refractivity (Wildman–Crippen MR) is 89.8 cm³/mol. The van der Waals surface area contributed by atoms with E-state index in [1.807, 2.05) is 60.9 Å². The molecule has 2 nitrogen and oxygen atoms in total. The molecule has 3 rings (SSSR count). The maximum atomic E-state index is 11.4. The summed E-state index contributed by atoms with van der Waals surface area (Å²) in [6.45, 7) is 0. The molecular weight excluding hydrogens is 278 g/mol.